The van der Waals surface area contributed by atoms with Crippen LogP contribution in [0.15, 0.2) is 4.52 Å². The van der Waals surface area contributed by atoms with Gasteiger partial charge in [-0.1, -0.05) is 32.3 Å². The van der Waals surface area contributed by atoms with Crippen LogP contribution in [-0.4, -0.2) is 10.1 Å². The summed E-state index contributed by atoms with van der Waals surface area (Å²) in [5.41, 5.74) is 6.05. The lowest BCUT2D eigenvalue weighted by Crippen LogP contribution is -2.44. The summed E-state index contributed by atoms with van der Waals surface area (Å²) in [6.07, 6.45) is 5.04. The maximum Gasteiger partial charge on any atom is 0.227 e. The van der Waals surface area contributed by atoms with E-state index in [0.29, 0.717) is 5.82 Å². The van der Waals surface area contributed by atoms with E-state index in [9.17, 15) is 0 Å². The lowest BCUT2D eigenvalue weighted by Gasteiger charge is -2.34. The highest BCUT2D eigenvalue weighted by atomic mass is 16.5. The molecule has 0 amide bonds. The molecule has 1 aliphatic rings. The van der Waals surface area contributed by atoms with Crippen LogP contribution in [0.2, 0.25) is 0 Å². The normalized spacial score (nSPS) is 19.5. The average Bonchev–Trinajstić information content (AvgIpc) is 2.62. The van der Waals surface area contributed by atoms with Gasteiger partial charge < -0.3 is 10.3 Å². The maximum atomic E-state index is 6.15. The first-order chi connectivity index (χ1) is 7.45. The monoisotopic (exact) mass is 223 g/mol. The van der Waals surface area contributed by atoms with E-state index in [1.165, 1.54) is 6.42 Å². The van der Waals surface area contributed by atoms with Crippen molar-refractivity contribution in [3.8, 4) is 0 Å². The third kappa shape index (κ3) is 2.12. The summed E-state index contributed by atoms with van der Waals surface area (Å²) in [6, 6.07) is 0. The second-order valence-electron chi connectivity index (χ2n) is 5.72. The molecule has 0 aliphatic heterocycles. The van der Waals surface area contributed by atoms with Gasteiger partial charge in [0.25, 0.3) is 0 Å². The molecule has 1 saturated carbocycles. The molecule has 0 unspecified atom stereocenters. The van der Waals surface area contributed by atoms with Crippen LogP contribution in [0.5, 0.6) is 0 Å². The van der Waals surface area contributed by atoms with Crippen molar-refractivity contribution in [1.82, 2.24) is 10.1 Å². The van der Waals surface area contributed by atoms with Crippen molar-refractivity contribution in [2.75, 3.05) is 0 Å². The first-order valence-electron chi connectivity index (χ1n) is 6.07. The molecule has 0 saturated heterocycles. The fraction of sp³-hybridized carbons (Fsp3) is 0.833. The summed E-state index contributed by atoms with van der Waals surface area (Å²) in [6.45, 7) is 6.59. The molecule has 0 atom stereocenters. The van der Waals surface area contributed by atoms with Gasteiger partial charge in [0.05, 0.1) is 5.54 Å². The minimum atomic E-state index is -0.307. The van der Waals surface area contributed by atoms with Crippen LogP contribution in [-0.2, 0) is 12.0 Å². The molecule has 4 heteroatoms. The Morgan fingerprint density at radius 2 is 2.12 bits per heavy atom. The van der Waals surface area contributed by atoms with Crippen LogP contribution >= 0.6 is 0 Å². The third-order valence-corrected chi connectivity index (χ3v) is 3.75. The predicted molar refractivity (Wildman–Crippen MR) is 61.8 cm³/mol. The molecule has 90 valence electrons. The van der Waals surface area contributed by atoms with E-state index >= 15 is 0 Å². The van der Waals surface area contributed by atoms with Gasteiger partial charge >= 0.3 is 0 Å². The molecular formula is C12H21N3O. The van der Waals surface area contributed by atoms with Crippen molar-refractivity contribution in [2.45, 2.75) is 58.4 Å². The third-order valence-electron chi connectivity index (χ3n) is 3.75. The Morgan fingerprint density at radius 3 is 2.62 bits per heavy atom. The van der Waals surface area contributed by atoms with Crippen LogP contribution in [0.1, 0.15) is 58.2 Å². The molecule has 4 nitrogen and oxygen atoms in total. The molecule has 0 bridgehead atoms. The molecule has 1 aromatic heterocycles. The van der Waals surface area contributed by atoms with Gasteiger partial charge in [-0.2, -0.15) is 4.98 Å². The Labute approximate surface area is 96.6 Å². The minimum Gasteiger partial charge on any atom is -0.339 e. The molecule has 2 N–H and O–H groups in total. The van der Waals surface area contributed by atoms with Gasteiger partial charge in [-0.05, 0) is 24.7 Å². The van der Waals surface area contributed by atoms with E-state index in [4.69, 9.17) is 10.3 Å². The summed E-state index contributed by atoms with van der Waals surface area (Å²) < 4.78 is 5.28. The van der Waals surface area contributed by atoms with E-state index < -0.39 is 0 Å². The molecule has 1 heterocycles. The van der Waals surface area contributed by atoms with Gasteiger partial charge in [-0.15, -0.1) is 0 Å². The van der Waals surface area contributed by atoms with Crippen molar-refractivity contribution < 1.29 is 4.52 Å². The van der Waals surface area contributed by atoms with E-state index in [1.807, 2.05) is 0 Å². The van der Waals surface area contributed by atoms with Crippen molar-refractivity contribution in [3.63, 3.8) is 0 Å². The molecular weight excluding hydrogens is 202 g/mol. The van der Waals surface area contributed by atoms with Crippen molar-refractivity contribution in [3.05, 3.63) is 11.7 Å². The molecule has 16 heavy (non-hydrogen) atoms. The summed E-state index contributed by atoms with van der Waals surface area (Å²) in [5.74, 6) is 1.42. The number of hydrogen-bond acceptors (Lipinski definition) is 4. The molecule has 1 aliphatic carbocycles. The molecule has 2 rings (SSSR count). The maximum absolute atomic E-state index is 6.15. The second kappa shape index (κ2) is 3.84. The summed E-state index contributed by atoms with van der Waals surface area (Å²) in [7, 11) is 0. The van der Waals surface area contributed by atoms with Gasteiger partial charge in [0.15, 0.2) is 5.82 Å². The smallest absolute Gasteiger partial charge is 0.227 e. The Morgan fingerprint density at radius 1 is 1.44 bits per heavy atom. The topological polar surface area (TPSA) is 64.9 Å². The van der Waals surface area contributed by atoms with Crippen LogP contribution in [0, 0.1) is 5.41 Å². The van der Waals surface area contributed by atoms with E-state index in [-0.39, 0.29) is 11.0 Å². The molecule has 1 fully saturated rings. The highest BCUT2D eigenvalue weighted by molar-refractivity contribution is 5.09. The lowest BCUT2D eigenvalue weighted by molar-refractivity contribution is 0.227. The molecule has 0 spiro atoms. The molecule has 0 aromatic carbocycles. The first-order valence-corrected chi connectivity index (χ1v) is 6.07. The van der Waals surface area contributed by atoms with Gasteiger partial charge in [0.2, 0.25) is 5.89 Å². The molecule has 0 radical (unpaired) electrons. The quantitative estimate of drug-likeness (QED) is 0.851. The van der Waals surface area contributed by atoms with Crippen molar-refractivity contribution >= 4 is 0 Å². The standard InChI is InChI=1S/C12H21N3O/c1-4-11(2,3)8-9-14-10(15-16-9)12(13)6-5-7-12/h4-8,13H2,1-3H3. The number of nitrogens with two attached hydrogens (primary N) is 1. The van der Waals surface area contributed by atoms with E-state index in [2.05, 4.69) is 30.9 Å². The Balaban J connectivity index is 2.08. The number of hydrogen-bond donors (Lipinski definition) is 1. The average molecular weight is 223 g/mol. The Kier molecular flexibility index (Phi) is 2.78. The van der Waals surface area contributed by atoms with Crippen LogP contribution in [0.25, 0.3) is 0 Å². The zero-order valence-corrected chi connectivity index (χ0v) is 10.4. The van der Waals surface area contributed by atoms with Gasteiger partial charge in [0.1, 0.15) is 0 Å². The summed E-state index contributed by atoms with van der Waals surface area (Å²) in [5, 5.41) is 4.02. The Bertz CT molecular complexity index is 366. The predicted octanol–water partition coefficient (Wildman–Crippen LogP) is 2.39. The fourth-order valence-electron chi connectivity index (χ4n) is 1.84. The Hall–Kier alpha value is -0.900. The van der Waals surface area contributed by atoms with E-state index in [0.717, 1.165) is 31.6 Å². The van der Waals surface area contributed by atoms with E-state index in [1.54, 1.807) is 0 Å². The SMILES string of the molecule is CCC(C)(C)Cc1nc(C2(N)CCC2)no1. The summed E-state index contributed by atoms with van der Waals surface area (Å²) >= 11 is 0. The number of rotatable bonds is 4. The zero-order valence-electron chi connectivity index (χ0n) is 10.4. The highest BCUT2D eigenvalue weighted by Crippen LogP contribution is 2.37. The lowest BCUT2D eigenvalue weighted by atomic mass is 9.77. The van der Waals surface area contributed by atoms with Crippen LogP contribution in [0.4, 0.5) is 0 Å². The summed E-state index contributed by atoms with van der Waals surface area (Å²) in [4.78, 5) is 4.43. The first kappa shape index (κ1) is 11.6. The van der Waals surface area contributed by atoms with Gasteiger partial charge in [0, 0.05) is 6.42 Å². The number of nitrogens with zero attached hydrogens (tertiary/aromatic N) is 2. The minimum absolute atomic E-state index is 0.213. The second-order valence-corrected chi connectivity index (χ2v) is 5.72. The molecule has 1 aromatic rings. The number of aromatic nitrogens is 2. The van der Waals surface area contributed by atoms with Crippen LogP contribution in [0.3, 0.4) is 0 Å². The fourth-order valence-corrected chi connectivity index (χ4v) is 1.84. The van der Waals surface area contributed by atoms with Gasteiger partial charge in [-0.25, -0.2) is 0 Å². The van der Waals surface area contributed by atoms with Crippen molar-refractivity contribution in [2.24, 2.45) is 11.1 Å². The van der Waals surface area contributed by atoms with Gasteiger partial charge in [-0.3, -0.25) is 0 Å². The highest BCUT2D eigenvalue weighted by Gasteiger charge is 2.39. The largest absolute Gasteiger partial charge is 0.339 e. The van der Waals surface area contributed by atoms with Crippen molar-refractivity contribution in [1.29, 1.82) is 0 Å². The zero-order chi connectivity index (χ0) is 11.8. The van der Waals surface area contributed by atoms with Crippen LogP contribution < -0.4 is 5.73 Å².